The Morgan fingerprint density at radius 3 is 2.62 bits per heavy atom. The summed E-state index contributed by atoms with van der Waals surface area (Å²) >= 11 is 0. The van der Waals surface area contributed by atoms with Gasteiger partial charge in [0.1, 0.15) is 11.3 Å². The Morgan fingerprint density at radius 1 is 1.24 bits per heavy atom. The number of aromatic nitrogens is 1. The molecule has 0 atom stereocenters. The fraction of sp³-hybridized carbons (Fsp3) is 0.133. The van der Waals surface area contributed by atoms with E-state index in [9.17, 15) is 19.5 Å². The van der Waals surface area contributed by atoms with Gasteiger partial charge in [0.2, 0.25) is 0 Å². The molecule has 1 heterocycles. The number of H-pyrrole nitrogens is 1. The predicted octanol–water partition coefficient (Wildman–Crippen LogP) is 1.49. The smallest absolute Gasteiger partial charge is 0.343 e. The number of pyridine rings is 1. The first kappa shape index (κ1) is 14.5. The van der Waals surface area contributed by atoms with Gasteiger partial charge in [0, 0.05) is 11.8 Å². The van der Waals surface area contributed by atoms with Crippen LogP contribution in [-0.4, -0.2) is 28.4 Å². The molecule has 0 bridgehead atoms. The molecule has 2 N–H and O–H groups in total. The molecule has 6 heteroatoms. The fourth-order valence-corrected chi connectivity index (χ4v) is 1.80. The maximum atomic E-state index is 12.3. The van der Waals surface area contributed by atoms with E-state index in [4.69, 9.17) is 4.74 Å². The highest BCUT2D eigenvalue weighted by Gasteiger charge is 2.18. The number of phenols is 1. The number of nitrogens with one attached hydrogen (secondary N) is 1. The normalized spacial score (nSPS) is 10.1. The molecule has 2 rings (SSSR count). The van der Waals surface area contributed by atoms with Crippen molar-refractivity contribution in [2.45, 2.75) is 6.92 Å². The Hall–Kier alpha value is -2.89. The summed E-state index contributed by atoms with van der Waals surface area (Å²) in [6.45, 7) is 1.74. The Kier molecular flexibility index (Phi) is 4.18. The van der Waals surface area contributed by atoms with Gasteiger partial charge in [0.15, 0.2) is 5.78 Å². The predicted molar refractivity (Wildman–Crippen MR) is 74.6 cm³/mol. The largest absolute Gasteiger partial charge is 0.507 e. The van der Waals surface area contributed by atoms with Crippen LogP contribution >= 0.6 is 0 Å². The maximum absolute atomic E-state index is 12.3. The summed E-state index contributed by atoms with van der Waals surface area (Å²) in [5, 5.41) is 9.68. The molecule has 108 valence electrons. The van der Waals surface area contributed by atoms with E-state index in [1.165, 1.54) is 18.3 Å². The third-order valence-electron chi connectivity index (χ3n) is 2.81. The van der Waals surface area contributed by atoms with Crippen molar-refractivity contribution in [3.63, 3.8) is 0 Å². The minimum Gasteiger partial charge on any atom is -0.507 e. The number of esters is 1. The van der Waals surface area contributed by atoms with Gasteiger partial charge in [0.05, 0.1) is 12.2 Å². The van der Waals surface area contributed by atoms with E-state index in [2.05, 4.69) is 4.98 Å². The summed E-state index contributed by atoms with van der Waals surface area (Å²) in [5.41, 5.74) is -0.723. The van der Waals surface area contributed by atoms with Gasteiger partial charge in [-0.3, -0.25) is 9.59 Å². The van der Waals surface area contributed by atoms with Crippen molar-refractivity contribution < 1.29 is 19.4 Å². The summed E-state index contributed by atoms with van der Waals surface area (Å²) in [6.07, 6.45) is 1.19. The molecule has 0 radical (unpaired) electrons. The van der Waals surface area contributed by atoms with E-state index < -0.39 is 17.3 Å². The molecule has 1 aromatic heterocycles. The number of aromatic hydroxyl groups is 1. The molecular weight excluding hydrogens is 274 g/mol. The number of hydrogen-bond acceptors (Lipinski definition) is 5. The van der Waals surface area contributed by atoms with E-state index in [0.717, 1.165) is 6.07 Å². The first-order chi connectivity index (χ1) is 10.0. The number of aromatic amines is 1. The minimum atomic E-state index is -0.800. The average Bonchev–Trinajstić information content (AvgIpc) is 2.48. The molecule has 2 aromatic rings. The van der Waals surface area contributed by atoms with Crippen LogP contribution in [0.2, 0.25) is 0 Å². The maximum Gasteiger partial charge on any atom is 0.343 e. The number of para-hydroxylation sites is 1. The van der Waals surface area contributed by atoms with Crippen molar-refractivity contribution in [3.05, 3.63) is 63.6 Å². The number of carbonyl (C=O) groups excluding carboxylic acids is 2. The molecule has 0 fully saturated rings. The molecule has 1 aromatic carbocycles. The van der Waals surface area contributed by atoms with Crippen molar-refractivity contribution >= 4 is 11.8 Å². The molecule has 0 aliphatic rings. The van der Waals surface area contributed by atoms with Crippen molar-refractivity contribution in [2.75, 3.05) is 6.61 Å². The van der Waals surface area contributed by atoms with E-state index in [0.29, 0.717) is 0 Å². The number of rotatable bonds is 4. The molecule has 0 amide bonds. The third-order valence-corrected chi connectivity index (χ3v) is 2.81. The van der Waals surface area contributed by atoms with Crippen molar-refractivity contribution in [1.29, 1.82) is 0 Å². The zero-order valence-corrected chi connectivity index (χ0v) is 11.3. The Labute approximate surface area is 120 Å². The number of phenolic OH excluding ortho intramolecular Hbond substituents is 1. The highest BCUT2D eigenvalue weighted by atomic mass is 16.5. The highest BCUT2D eigenvalue weighted by Crippen LogP contribution is 2.19. The summed E-state index contributed by atoms with van der Waals surface area (Å²) in [7, 11) is 0. The Bertz CT molecular complexity index is 748. The number of carbonyl (C=O) groups is 2. The molecule has 6 nitrogen and oxygen atoms in total. The quantitative estimate of drug-likeness (QED) is 0.656. The van der Waals surface area contributed by atoms with Gasteiger partial charge in [-0.25, -0.2) is 4.79 Å². The number of benzene rings is 1. The van der Waals surface area contributed by atoms with Crippen LogP contribution in [0.3, 0.4) is 0 Å². The lowest BCUT2D eigenvalue weighted by Gasteiger charge is -2.05. The summed E-state index contributed by atoms with van der Waals surface area (Å²) in [6, 6.07) is 7.18. The summed E-state index contributed by atoms with van der Waals surface area (Å²) in [5.74, 6) is -1.48. The van der Waals surface area contributed by atoms with E-state index in [1.807, 2.05) is 0 Å². The lowest BCUT2D eigenvalue weighted by Crippen LogP contribution is -2.21. The monoisotopic (exact) mass is 287 g/mol. The first-order valence-corrected chi connectivity index (χ1v) is 6.27. The van der Waals surface area contributed by atoms with Gasteiger partial charge in [-0.2, -0.15) is 0 Å². The van der Waals surface area contributed by atoms with Gasteiger partial charge >= 0.3 is 5.97 Å². The molecular formula is C15H13NO5. The van der Waals surface area contributed by atoms with E-state index in [1.54, 1.807) is 19.1 Å². The molecule has 0 saturated carbocycles. The lowest BCUT2D eigenvalue weighted by molar-refractivity contribution is 0.0524. The molecule has 21 heavy (non-hydrogen) atoms. The van der Waals surface area contributed by atoms with Crippen LogP contribution < -0.4 is 5.56 Å². The van der Waals surface area contributed by atoms with Crippen LogP contribution in [0.5, 0.6) is 5.75 Å². The van der Waals surface area contributed by atoms with Gasteiger partial charge in [-0.1, -0.05) is 12.1 Å². The van der Waals surface area contributed by atoms with Crippen LogP contribution in [0.4, 0.5) is 0 Å². The van der Waals surface area contributed by atoms with Crippen LogP contribution in [0.25, 0.3) is 0 Å². The van der Waals surface area contributed by atoms with Crippen LogP contribution in [0, 0.1) is 0 Å². The zero-order chi connectivity index (χ0) is 15.4. The van der Waals surface area contributed by atoms with E-state index >= 15 is 0 Å². The number of ketones is 1. The van der Waals surface area contributed by atoms with Gasteiger partial charge < -0.3 is 14.8 Å². The van der Waals surface area contributed by atoms with Gasteiger partial charge in [0.25, 0.3) is 5.56 Å². The van der Waals surface area contributed by atoms with Gasteiger partial charge in [-0.15, -0.1) is 0 Å². The molecule has 0 aliphatic carbocycles. The Balaban J connectivity index is 2.44. The van der Waals surface area contributed by atoms with Crippen molar-refractivity contribution in [3.8, 4) is 5.75 Å². The second kappa shape index (κ2) is 6.04. The molecule has 0 unspecified atom stereocenters. The molecule has 0 aliphatic heterocycles. The Morgan fingerprint density at radius 2 is 1.95 bits per heavy atom. The third kappa shape index (κ3) is 3.00. The standard InChI is InChI=1S/C15H13NO5/c1-2-21-15(20)11-7-9(8-16-14(11)19)13(18)10-5-3-4-6-12(10)17/h3-8,17H,2H2,1H3,(H,16,19). The zero-order valence-electron chi connectivity index (χ0n) is 11.3. The second-order valence-corrected chi connectivity index (χ2v) is 4.20. The van der Waals surface area contributed by atoms with Crippen LogP contribution in [0.15, 0.2) is 41.3 Å². The summed E-state index contributed by atoms with van der Waals surface area (Å²) < 4.78 is 4.75. The SMILES string of the molecule is CCOC(=O)c1cc(C(=O)c2ccccc2O)c[nH]c1=O. The average molecular weight is 287 g/mol. The van der Waals surface area contributed by atoms with Crippen molar-refractivity contribution in [2.24, 2.45) is 0 Å². The molecule has 0 spiro atoms. The lowest BCUT2D eigenvalue weighted by atomic mass is 10.0. The summed E-state index contributed by atoms with van der Waals surface area (Å²) in [4.78, 5) is 37.8. The van der Waals surface area contributed by atoms with Crippen LogP contribution in [0.1, 0.15) is 33.2 Å². The first-order valence-electron chi connectivity index (χ1n) is 6.27. The van der Waals surface area contributed by atoms with Crippen LogP contribution in [-0.2, 0) is 4.74 Å². The second-order valence-electron chi connectivity index (χ2n) is 4.20. The fourth-order valence-electron chi connectivity index (χ4n) is 1.80. The highest BCUT2D eigenvalue weighted by molar-refractivity contribution is 6.11. The number of hydrogen-bond donors (Lipinski definition) is 2. The van der Waals surface area contributed by atoms with Crippen molar-refractivity contribution in [1.82, 2.24) is 4.98 Å². The van der Waals surface area contributed by atoms with E-state index in [-0.39, 0.29) is 29.0 Å². The topological polar surface area (TPSA) is 96.5 Å². The molecule has 0 saturated heterocycles. The number of ether oxygens (including phenoxy) is 1. The van der Waals surface area contributed by atoms with Gasteiger partial charge in [-0.05, 0) is 25.1 Å². The minimum absolute atomic E-state index is 0.0825.